The molecule has 2 heterocycles. The first-order chi connectivity index (χ1) is 14.9. The minimum Gasteiger partial charge on any atom is -0.495 e. The van der Waals surface area contributed by atoms with E-state index in [1.54, 1.807) is 30.5 Å². The van der Waals surface area contributed by atoms with Crippen LogP contribution in [0.1, 0.15) is 22.8 Å². The molecule has 0 fully saturated rings. The molecule has 9 nitrogen and oxygen atoms in total. The van der Waals surface area contributed by atoms with E-state index in [-0.39, 0.29) is 23.6 Å². The Morgan fingerprint density at radius 1 is 1.26 bits per heavy atom. The third-order valence-electron chi connectivity index (χ3n) is 4.89. The highest BCUT2D eigenvalue weighted by Gasteiger charge is 2.33. The Morgan fingerprint density at radius 2 is 2.00 bits per heavy atom. The number of rotatable bonds is 5. The number of carboxylic acids is 1. The van der Waals surface area contributed by atoms with Gasteiger partial charge in [-0.25, -0.2) is 9.48 Å². The summed E-state index contributed by atoms with van der Waals surface area (Å²) in [7, 11) is 1.41. The van der Waals surface area contributed by atoms with Gasteiger partial charge in [-0.15, -0.1) is 0 Å². The number of benzene rings is 2. The molecular formula is C21H17ClN4O5. The van der Waals surface area contributed by atoms with Crippen LogP contribution in [-0.2, 0) is 9.59 Å². The van der Waals surface area contributed by atoms with Gasteiger partial charge < -0.3 is 20.5 Å². The summed E-state index contributed by atoms with van der Waals surface area (Å²) in [5.74, 6) is -1.32. The number of halogens is 1. The van der Waals surface area contributed by atoms with Crippen LogP contribution < -0.4 is 15.4 Å². The summed E-state index contributed by atoms with van der Waals surface area (Å²) in [5, 5.41) is 19.5. The van der Waals surface area contributed by atoms with E-state index in [4.69, 9.17) is 16.3 Å². The number of aromatic carboxylic acids is 1. The number of nitrogens with one attached hydrogen (secondary N) is 2. The second-order valence-electron chi connectivity index (χ2n) is 6.84. The van der Waals surface area contributed by atoms with Crippen LogP contribution in [0.3, 0.4) is 0 Å². The van der Waals surface area contributed by atoms with Crippen LogP contribution in [0.15, 0.2) is 48.7 Å². The van der Waals surface area contributed by atoms with Gasteiger partial charge in [0.05, 0.1) is 31.0 Å². The van der Waals surface area contributed by atoms with E-state index in [1.165, 1.54) is 30.0 Å². The molecular weight excluding hydrogens is 424 g/mol. The first kappa shape index (κ1) is 20.4. The van der Waals surface area contributed by atoms with Gasteiger partial charge in [-0.2, -0.15) is 5.10 Å². The van der Waals surface area contributed by atoms with Gasteiger partial charge in [-0.1, -0.05) is 23.7 Å². The predicted molar refractivity (Wildman–Crippen MR) is 114 cm³/mol. The summed E-state index contributed by atoms with van der Waals surface area (Å²) < 4.78 is 6.65. The summed E-state index contributed by atoms with van der Waals surface area (Å²) in [6, 6.07) is 10.2. The van der Waals surface area contributed by atoms with Crippen LogP contribution in [0.4, 0.5) is 11.5 Å². The quantitative estimate of drug-likeness (QED) is 0.558. The molecule has 2 amide bonds. The van der Waals surface area contributed by atoms with Crippen molar-refractivity contribution in [3.63, 3.8) is 0 Å². The van der Waals surface area contributed by atoms with Crippen molar-refractivity contribution in [1.82, 2.24) is 9.78 Å². The molecule has 0 radical (unpaired) electrons. The van der Waals surface area contributed by atoms with Crippen LogP contribution in [-0.4, -0.2) is 39.8 Å². The standard InChI is InChI=1S/C21H17ClN4O5/c1-31-17-7-4-12(21(29)30)8-15(17)24-20(28)16-9-18(27)25-19-14(10-23-26(16)19)11-2-5-13(22)6-3-11/h2-8,10,16H,9H2,1H3,(H,24,28)(H,25,27)(H,29,30)/t16-/m1/s1. The fraction of sp³-hybridized carbons (Fsp3) is 0.143. The minimum absolute atomic E-state index is 0.0118. The van der Waals surface area contributed by atoms with Gasteiger partial charge in [0, 0.05) is 10.6 Å². The molecule has 31 heavy (non-hydrogen) atoms. The number of carbonyl (C=O) groups is 3. The Morgan fingerprint density at radius 3 is 2.68 bits per heavy atom. The van der Waals surface area contributed by atoms with E-state index in [0.29, 0.717) is 22.2 Å². The van der Waals surface area contributed by atoms with Crippen molar-refractivity contribution in [2.45, 2.75) is 12.5 Å². The van der Waals surface area contributed by atoms with Crippen LogP contribution in [0.2, 0.25) is 5.02 Å². The van der Waals surface area contributed by atoms with Crippen molar-refractivity contribution in [3.05, 3.63) is 59.2 Å². The summed E-state index contributed by atoms with van der Waals surface area (Å²) in [4.78, 5) is 36.7. The number of nitrogens with zero attached hydrogens (tertiary/aromatic N) is 2. The molecule has 0 aliphatic carbocycles. The summed E-state index contributed by atoms with van der Waals surface area (Å²) in [6.07, 6.45) is 1.44. The molecule has 0 saturated carbocycles. The molecule has 1 aliphatic heterocycles. The lowest BCUT2D eigenvalue weighted by atomic mass is 10.1. The Balaban J connectivity index is 1.67. The molecule has 0 unspecified atom stereocenters. The zero-order valence-corrected chi connectivity index (χ0v) is 17.0. The zero-order chi connectivity index (χ0) is 22.1. The molecule has 10 heteroatoms. The highest BCUT2D eigenvalue weighted by Crippen LogP contribution is 2.35. The Labute approximate surface area is 181 Å². The van der Waals surface area contributed by atoms with E-state index in [1.807, 2.05) is 0 Å². The topological polar surface area (TPSA) is 123 Å². The van der Waals surface area contributed by atoms with Crippen LogP contribution >= 0.6 is 11.6 Å². The molecule has 158 valence electrons. The van der Waals surface area contributed by atoms with Gasteiger partial charge in [0.2, 0.25) is 11.8 Å². The molecule has 3 aromatic rings. The first-order valence-electron chi connectivity index (χ1n) is 9.23. The molecule has 1 aliphatic rings. The minimum atomic E-state index is -1.14. The fourth-order valence-corrected chi connectivity index (χ4v) is 3.49. The number of fused-ring (bicyclic) bond motifs is 1. The number of hydrogen-bond donors (Lipinski definition) is 3. The first-order valence-corrected chi connectivity index (χ1v) is 9.60. The number of amides is 2. The zero-order valence-electron chi connectivity index (χ0n) is 16.3. The van der Waals surface area contributed by atoms with Gasteiger partial charge >= 0.3 is 5.97 Å². The molecule has 1 atom stereocenters. The predicted octanol–water partition coefficient (Wildman–Crippen LogP) is 3.43. The molecule has 4 rings (SSSR count). The molecule has 1 aromatic heterocycles. The van der Waals surface area contributed by atoms with Crippen molar-refractivity contribution in [2.75, 3.05) is 17.7 Å². The van der Waals surface area contributed by atoms with Gasteiger partial charge in [0.25, 0.3) is 0 Å². The van der Waals surface area contributed by atoms with Gasteiger partial charge in [0.1, 0.15) is 17.6 Å². The monoisotopic (exact) mass is 440 g/mol. The maximum atomic E-state index is 13.0. The number of carboxylic acid groups (broad SMARTS) is 1. The molecule has 0 bridgehead atoms. The van der Waals surface area contributed by atoms with Gasteiger partial charge in [-0.3, -0.25) is 9.59 Å². The molecule has 0 saturated heterocycles. The number of aromatic nitrogens is 2. The Bertz CT molecular complexity index is 1190. The fourth-order valence-electron chi connectivity index (χ4n) is 3.37. The number of methoxy groups -OCH3 is 1. The highest BCUT2D eigenvalue weighted by atomic mass is 35.5. The maximum absolute atomic E-state index is 13.0. The second kappa shape index (κ2) is 8.11. The van der Waals surface area contributed by atoms with Crippen molar-refractivity contribution in [1.29, 1.82) is 0 Å². The average Bonchev–Trinajstić information content (AvgIpc) is 3.17. The van der Waals surface area contributed by atoms with E-state index in [0.717, 1.165) is 5.56 Å². The van der Waals surface area contributed by atoms with Crippen molar-refractivity contribution in [2.24, 2.45) is 0 Å². The SMILES string of the molecule is COc1ccc(C(=O)O)cc1NC(=O)[C@H]1CC(=O)Nc2c(-c3ccc(Cl)cc3)cnn21. The molecule has 2 aromatic carbocycles. The lowest BCUT2D eigenvalue weighted by Crippen LogP contribution is -2.36. The van der Waals surface area contributed by atoms with Gasteiger partial charge in [-0.05, 0) is 35.9 Å². The van der Waals surface area contributed by atoms with E-state index in [2.05, 4.69) is 15.7 Å². The Kier molecular flexibility index (Phi) is 5.35. The van der Waals surface area contributed by atoms with Crippen LogP contribution in [0, 0.1) is 0 Å². The second-order valence-corrected chi connectivity index (χ2v) is 7.27. The van der Waals surface area contributed by atoms with Gasteiger partial charge in [0.15, 0.2) is 0 Å². The maximum Gasteiger partial charge on any atom is 0.335 e. The largest absolute Gasteiger partial charge is 0.495 e. The lowest BCUT2D eigenvalue weighted by molar-refractivity contribution is -0.125. The number of carbonyl (C=O) groups excluding carboxylic acids is 2. The number of ether oxygens (including phenoxy) is 1. The van der Waals surface area contributed by atoms with E-state index >= 15 is 0 Å². The van der Waals surface area contributed by atoms with E-state index in [9.17, 15) is 19.5 Å². The number of anilines is 2. The van der Waals surface area contributed by atoms with Crippen molar-refractivity contribution in [3.8, 4) is 16.9 Å². The van der Waals surface area contributed by atoms with Crippen molar-refractivity contribution >= 4 is 40.9 Å². The summed E-state index contributed by atoms with van der Waals surface area (Å²) >= 11 is 5.95. The normalized spacial score (nSPS) is 15.0. The van der Waals surface area contributed by atoms with Crippen LogP contribution in [0.25, 0.3) is 11.1 Å². The molecule has 0 spiro atoms. The third kappa shape index (κ3) is 3.95. The lowest BCUT2D eigenvalue weighted by Gasteiger charge is -2.25. The average molecular weight is 441 g/mol. The summed E-state index contributed by atoms with van der Waals surface area (Å²) in [5.41, 5.74) is 1.60. The molecule has 3 N–H and O–H groups in total. The van der Waals surface area contributed by atoms with E-state index < -0.39 is 17.9 Å². The smallest absolute Gasteiger partial charge is 0.335 e. The highest BCUT2D eigenvalue weighted by molar-refractivity contribution is 6.30. The van der Waals surface area contributed by atoms with Crippen molar-refractivity contribution < 1.29 is 24.2 Å². The van der Waals surface area contributed by atoms with Crippen LogP contribution in [0.5, 0.6) is 5.75 Å². The Hall–Kier alpha value is -3.85. The summed E-state index contributed by atoms with van der Waals surface area (Å²) in [6.45, 7) is 0. The third-order valence-corrected chi connectivity index (χ3v) is 5.14. The number of hydrogen-bond acceptors (Lipinski definition) is 5.